The normalized spacial score (nSPS) is 31.4. The van der Waals surface area contributed by atoms with Gasteiger partial charge in [0.05, 0.1) is 24.0 Å². The molecular weight excluding hydrogens is 240 g/mol. The summed E-state index contributed by atoms with van der Waals surface area (Å²) in [6, 6.07) is 6.22. The number of hydrogen-bond donors (Lipinski definition) is 0. The minimum Gasteiger partial charge on any atom is -0.379 e. The molecule has 1 spiro atoms. The number of aromatic nitrogens is 1. The van der Waals surface area contributed by atoms with E-state index in [0.717, 1.165) is 50.5 Å². The minimum absolute atomic E-state index is 0.0322. The first-order valence-corrected chi connectivity index (χ1v) is 7.01. The van der Waals surface area contributed by atoms with Crippen molar-refractivity contribution in [3.05, 3.63) is 29.6 Å². The van der Waals surface area contributed by atoms with Gasteiger partial charge in [0.1, 0.15) is 0 Å². The summed E-state index contributed by atoms with van der Waals surface area (Å²) < 4.78 is 11.4. The fourth-order valence-corrected chi connectivity index (χ4v) is 3.22. The minimum atomic E-state index is 0.0322. The molecule has 2 aliphatic heterocycles. The summed E-state index contributed by atoms with van der Waals surface area (Å²) in [7, 11) is 1.77. The lowest BCUT2D eigenvalue weighted by Gasteiger charge is -2.23. The van der Waals surface area contributed by atoms with Crippen LogP contribution in [0.25, 0.3) is 0 Å². The lowest BCUT2D eigenvalue weighted by atomic mass is 9.98. The monoisotopic (exact) mass is 262 g/mol. The van der Waals surface area contributed by atoms with E-state index in [1.807, 2.05) is 13.0 Å². The van der Waals surface area contributed by atoms with Crippen LogP contribution in [0, 0.1) is 6.92 Å². The summed E-state index contributed by atoms with van der Waals surface area (Å²) in [4.78, 5) is 7.02. The number of likely N-dealkylation sites (tertiary alicyclic amines) is 1. The Kier molecular flexibility index (Phi) is 3.56. The van der Waals surface area contributed by atoms with Crippen LogP contribution >= 0.6 is 0 Å². The Morgan fingerprint density at radius 3 is 3.16 bits per heavy atom. The molecule has 2 fully saturated rings. The van der Waals surface area contributed by atoms with E-state index in [-0.39, 0.29) is 11.7 Å². The zero-order chi connectivity index (χ0) is 13.3. The van der Waals surface area contributed by atoms with Crippen LogP contribution in [-0.2, 0) is 16.0 Å². The molecule has 1 aromatic rings. The van der Waals surface area contributed by atoms with Gasteiger partial charge in [0, 0.05) is 38.9 Å². The number of pyridine rings is 1. The van der Waals surface area contributed by atoms with E-state index in [2.05, 4.69) is 22.0 Å². The van der Waals surface area contributed by atoms with Gasteiger partial charge in [-0.3, -0.25) is 9.88 Å². The van der Waals surface area contributed by atoms with Gasteiger partial charge in [-0.05, 0) is 25.5 Å². The van der Waals surface area contributed by atoms with Crippen molar-refractivity contribution in [2.75, 3.05) is 26.8 Å². The van der Waals surface area contributed by atoms with Crippen LogP contribution in [-0.4, -0.2) is 48.4 Å². The predicted molar refractivity (Wildman–Crippen MR) is 73.0 cm³/mol. The van der Waals surface area contributed by atoms with Crippen molar-refractivity contribution in [3.8, 4) is 0 Å². The van der Waals surface area contributed by atoms with E-state index in [4.69, 9.17) is 9.47 Å². The van der Waals surface area contributed by atoms with Gasteiger partial charge in [-0.2, -0.15) is 0 Å². The average molecular weight is 262 g/mol. The highest BCUT2D eigenvalue weighted by atomic mass is 16.6. The van der Waals surface area contributed by atoms with Gasteiger partial charge in [0.2, 0.25) is 0 Å². The molecule has 0 saturated carbocycles. The quantitative estimate of drug-likeness (QED) is 0.831. The van der Waals surface area contributed by atoms with E-state index >= 15 is 0 Å². The molecule has 4 nitrogen and oxygen atoms in total. The van der Waals surface area contributed by atoms with E-state index in [1.54, 1.807) is 7.11 Å². The van der Waals surface area contributed by atoms with Crippen LogP contribution in [0.4, 0.5) is 0 Å². The number of ether oxygens (including phenoxy) is 2. The van der Waals surface area contributed by atoms with Gasteiger partial charge in [-0.25, -0.2) is 0 Å². The van der Waals surface area contributed by atoms with Crippen molar-refractivity contribution in [2.45, 2.75) is 38.0 Å². The average Bonchev–Trinajstić information content (AvgIpc) is 2.97. The second kappa shape index (κ2) is 5.19. The smallest absolute Gasteiger partial charge is 0.0847 e. The van der Waals surface area contributed by atoms with E-state index in [1.165, 1.54) is 0 Å². The number of rotatable bonds is 3. The van der Waals surface area contributed by atoms with Gasteiger partial charge in [0.25, 0.3) is 0 Å². The van der Waals surface area contributed by atoms with Gasteiger partial charge < -0.3 is 9.47 Å². The number of nitrogens with zero attached hydrogens (tertiary/aromatic N) is 2. The zero-order valence-electron chi connectivity index (χ0n) is 11.8. The lowest BCUT2D eigenvalue weighted by molar-refractivity contribution is 0.00627. The van der Waals surface area contributed by atoms with Crippen LogP contribution in [0.1, 0.15) is 24.2 Å². The molecule has 2 saturated heterocycles. The third-order valence-electron chi connectivity index (χ3n) is 4.24. The number of methoxy groups -OCH3 is 1. The Bertz CT molecular complexity index is 452. The maximum Gasteiger partial charge on any atom is 0.0847 e. The van der Waals surface area contributed by atoms with Gasteiger partial charge in [-0.15, -0.1) is 0 Å². The first-order chi connectivity index (χ1) is 9.19. The second-order valence-corrected chi connectivity index (χ2v) is 5.79. The Hall–Kier alpha value is -0.970. The largest absolute Gasteiger partial charge is 0.379 e. The molecule has 19 heavy (non-hydrogen) atoms. The molecular formula is C15H22N2O2. The van der Waals surface area contributed by atoms with Crippen molar-refractivity contribution in [3.63, 3.8) is 0 Å². The van der Waals surface area contributed by atoms with Gasteiger partial charge in [-0.1, -0.05) is 6.07 Å². The fourth-order valence-electron chi connectivity index (χ4n) is 3.22. The topological polar surface area (TPSA) is 34.6 Å². The number of aryl methyl sites for hydroxylation is 1. The highest BCUT2D eigenvalue weighted by Crippen LogP contribution is 2.36. The fraction of sp³-hybridized carbons (Fsp3) is 0.667. The maximum atomic E-state index is 6.01. The molecule has 0 aliphatic carbocycles. The SMILES string of the molecule is CO[C@@H]1CO[C@@]2(CCN(Cc3cccc(C)n3)C2)C1. The Balaban J connectivity index is 1.60. The molecule has 3 rings (SSSR count). The molecule has 0 unspecified atom stereocenters. The first kappa shape index (κ1) is 13.0. The van der Waals surface area contributed by atoms with Crippen molar-refractivity contribution >= 4 is 0 Å². The first-order valence-electron chi connectivity index (χ1n) is 7.01. The predicted octanol–water partition coefficient (Wildman–Crippen LogP) is 1.77. The maximum absolute atomic E-state index is 6.01. The van der Waals surface area contributed by atoms with Crippen molar-refractivity contribution in [2.24, 2.45) is 0 Å². The van der Waals surface area contributed by atoms with Gasteiger partial charge in [0.15, 0.2) is 0 Å². The Morgan fingerprint density at radius 2 is 2.42 bits per heavy atom. The van der Waals surface area contributed by atoms with Crippen LogP contribution in [0.5, 0.6) is 0 Å². The standard InChI is InChI=1S/C15H22N2O2/c1-12-4-3-5-13(16-12)9-17-7-6-15(11-17)8-14(18-2)10-19-15/h3-5,14H,6-11H2,1-2H3/t14-,15-/m0/s1. The molecule has 4 heteroatoms. The second-order valence-electron chi connectivity index (χ2n) is 5.79. The molecule has 0 aromatic carbocycles. The summed E-state index contributed by atoms with van der Waals surface area (Å²) in [5.74, 6) is 0. The summed E-state index contributed by atoms with van der Waals surface area (Å²) in [5.41, 5.74) is 2.27. The third kappa shape index (κ3) is 2.81. The molecule has 3 heterocycles. The van der Waals surface area contributed by atoms with E-state index in [9.17, 15) is 0 Å². The number of hydrogen-bond acceptors (Lipinski definition) is 4. The molecule has 1 aromatic heterocycles. The van der Waals surface area contributed by atoms with Crippen LogP contribution in [0.2, 0.25) is 0 Å². The Morgan fingerprint density at radius 1 is 1.53 bits per heavy atom. The van der Waals surface area contributed by atoms with Crippen LogP contribution in [0.3, 0.4) is 0 Å². The highest BCUT2D eigenvalue weighted by Gasteiger charge is 2.45. The van der Waals surface area contributed by atoms with Crippen LogP contribution < -0.4 is 0 Å². The molecule has 2 aliphatic rings. The van der Waals surface area contributed by atoms with Crippen LogP contribution in [0.15, 0.2) is 18.2 Å². The zero-order valence-corrected chi connectivity index (χ0v) is 11.8. The third-order valence-corrected chi connectivity index (χ3v) is 4.24. The molecule has 104 valence electrons. The molecule has 0 amide bonds. The summed E-state index contributed by atoms with van der Waals surface area (Å²) >= 11 is 0. The van der Waals surface area contributed by atoms with Crippen molar-refractivity contribution < 1.29 is 9.47 Å². The summed E-state index contributed by atoms with van der Waals surface area (Å²) in [6.07, 6.45) is 2.41. The lowest BCUT2D eigenvalue weighted by Crippen LogP contribution is -2.33. The molecule has 0 radical (unpaired) electrons. The Labute approximate surface area is 114 Å². The van der Waals surface area contributed by atoms with E-state index < -0.39 is 0 Å². The summed E-state index contributed by atoms with van der Waals surface area (Å²) in [5, 5.41) is 0. The van der Waals surface area contributed by atoms with Crippen molar-refractivity contribution in [1.29, 1.82) is 0 Å². The summed E-state index contributed by atoms with van der Waals surface area (Å²) in [6.45, 7) is 5.80. The molecule has 2 atom stereocenters. The molecule has 0 N–H and O–H groups in total. The van der Waals surface area contributed by atoms with Gasteiger partial charge >= 0.3 is 0 Å². The molecule has 0 bridgehead atoms. The van der Waals surface area contributed by atoms with Crippen molar-refractivity contribution in [1.82, 2.24) is 9.88 Å². The van der Waals surface area contributed by atoms with E-state index in [0.29, 0.717) is 0 Å². The highest BCUT2D eigenvalue weighted by molar-refractivity contribution is 5.10.